The van der Waals surface area contributed by atoms with Gasteiger partial charge in [0.15, 0.2) is 0 Å². The lowest BCUT2D eigenvalue weighted by Gasteiger charge is -2.30. The van der Waals surface area contributed by atoms with Crippen molar-refractivity contribution in [3.63, 3.8) is 0 Å². The molecule has 152 valence electrons. The molecule has 0 atom stereocenters. The Bertz CT molecular complexity index is 885. The van der Waals surface area contributed by atoms with E-state index in [1.54, 1.807) is 18.2 Å². The van der Waals surface area contributed by atoms with Crippen molar-refractivity contribution >= 4 is 29.3 Å². The van der Waals surface area contributed by atoms with Crippen LogP contribution in [0.5, 0.6) is 5.75 Å². The van der Waals surface area contributed by atoms with E-state index >= 15 is 0 Å². The monoisotopic (exact) mass is 393 g/mol. The van der Waals surface area contributed by atoms with E-state index < -0.39 is 5.91 Å². The zero-order valence-corrected chi connectivity index (χ0v) is 16.7. The van der Waals surface area contributed by atoms with E-state index in [1.165, 1.54) is 12.5 Å². The summed E-state index contributed by atoms with van der Waals surface area (Å²) in [5.74, 6) is 0.0120. The highest BCUT2D eigenvalue weighted by atomic mass is 16.5. The largest absolute Gasteiger partial charge is 0.494 e. The minimum absolute atomic E-state index is 0.265. The SMILES string of the molecule is CCOc1ccc(/C=C/C(=O)Nc2cc(C(N)=O)ccc2N2CCCCC2)cc1. The Morgan fingerprint density at radius 3 is 2.48 bits per heavy atom. The molecular weight excluding hydrogens is 366 g/mol. The van der Waals surface area contributed by atoms with Crippen molar-refractivity contribution < 1.29 is 14.3 Å². The Morgan fingerprint density at radius 1 is 1.10 bits per heavy atom. The van der Waals surface area contributed by atoms with Crippen molar-refractivity contribution in [2.24, 2.45) is 5.73 Å². The molecule has 6 heteroatoms. The minimum Gasteiger partial charge on any atom is -0.494 e. The van der Waals surface area contributed by atoms with Crippen LogP contribution in [0.1, 0.15) is 42.1 Å². The maximum atomic E-state index is 12.5. The van der Waals surface area contributed by atoms with E-state index in [-0.39, 0.29) is 5.91 Å². The number of nitrogens with two attached hydrogens (primary N) is 1. The number of rotatable bonds is 7. The summed E-state index contributed by atoms with van der Waals surface area (Å²) >= 11 is 0. The topological polar surface area (TPSA) is 84.7 Å². The van der Waals surface area contributed by atoms with Crippen LogP contribution in [-0.4, -0.2) is 31.5 Å². The molecule has 1 aliphatic rings. The molecule has 0 saturated carbocycles. The van der Waals surface area contributed by atoms with Crippen molar-refractivity contribution in [1.29, 1.82) is 0 Å². The van der Waals surface area contributed by atoms with E-state index in [0.717, 1.165) is 42.9 Å². The van der Waals surface area contributed by atoms with Crippen molar-refractivity contribution in [3.05, 3.63) is 59.7 Å². The first-order chi connectivity index (χ1) is 14.1. The summed E-state index contributed by atoms with van der Waals surface area (Å²) in [5.41, 5.74) is 8.20. The number of hydrogen-bond acceptors (Lipinski definition) is 4. The van der Waals surface area contributed by atoms with E-state index in [1.807, 2.05) is 37.3 Å². The summed E-state index contributed by atoms with van der Waals surface area (Å²) in [6.45, 7) is 4.41. The lowest BCUT2D eigenvalue weighted by molar-refractivity contribution is -0.111. The number of anilines is 2. The average Bonchev–Trinajstić information content (AvgIpc) is 2.74. The molecule has 1 heterocycles. The molecule has 0 radical (unpaired) electrons. The van der Waals surface area contributed by atoms with Gasteiger partial charge in [-0.3, -0.25) is 9.59 Å². The lowest BCUT2D eigenvalue weighted by atomic mass is 10.1. The van der Waals surface area contributed by atoms with E-state index in [4.69, 9.17) is 10.5 Å². The molecule has 0 bridgehead atoms. The smallest absolute Gasteiger partial charge is 0.248 e. The maximum Gasteiger partial charge on any atom is 0.248 e. The fourth-order valence-corrected chi connectivity index (χ4v) is 3.39. The van der Waals surface area contributed by atoms with Gasteiger partial charge in [0.2, 0.25) is 11.8 Å². The average molecular weight is 393 g/mol. The standard InChI is InChI=1S/C23H27N3O3/c1-2-29-19-10-6-17(7-11-19)8-13-22(27)25-20-16-18(23(24)28)9-12-21(20)26-14-4-3-5-15-26/h6-13,16H,2-5,14-15H2,1H3,(H2,24,28)(H,25,27)/b13-8+. The van der Waals surface area contributed by atoms with Gasteiger partial charge in [-0.05, 0) is 68.2 Å². The predicted molar refractivity (Wildman–Crippen MR) is 116 cm³/mol. The van der Waals surface area contributed by atoms with Crippen LogP contribution in [0, 0.1) is 0 Å². The number of carbonyl (C=O) groups is 2. The highest BCUT2D eigenvalue weighted by molar-refractivity contribution is 6.05. The Balaban J connectivity index is 1.75. The first-order valence-electron chi connectivity index (χ1n) is 9.97. The molecule has 2 aromatic rings. The fourth-order valence-electron chi connectivity index (χ4n) is 3.39. The number of nitrogens with one attached hydrogen (secondary N) is 1. The van der Waals surface area contributed by atoms with Crippen LogP contribution in [0.3, 0.4) is 0 Å². The van der Waals surface area contributed by atoms with Gasteiger partial charge < -0.3 is 20.7 Å². The van der Waals surface area contributed by atoms with Crippen LogP contribution >= 0.6 is 0 Å². The second kappa shape index (κ2) is 9.78. The summed E-state index contributed by atoms with van der Waals surface area (Å²) in [4.78, 5) is 26.3. The number of hydrogen-bond donors (Lipinski definition) is 2. The Labute approximate surface area is 171 Å². The Kier molecular flexibility index (Phi) is 6.89. The maximum absolute atomic E-state index is 12.5. The number of piperidine rings is 1. The van der Waals surface area contributed by atoms with Gasteiger partial charge in [0.05, 0.1) is 18.0 Å². The number of ether oxygens (including phenoxy) is 1. The molecule has 0 spiro atoms. The summed E-state index contributed by atoms with van der Waals surface area (Å²) in [5, 5.41) is 2.91. The Hall–Kier alpha value is -3.28. The van der Waals surface area contributed by atoms with Gasteiger partial charge in [0.25, 0.3) is 0 Å². The van der Waals surface area contributed by atoms with Gasteiger partial charge in [0.1, 0.15) is 5.75 Å². The first kappa shape index (κ1) is 20.5. The van der Waals surface area contributed by atoms with Gasteiger partial charge in [-0.1, -0.05) is 12.1 Å². The zero-order chi connectivity index (χ0) is 20.6. The third-order valence-electron chi connectivity index (χ3n) is 4.85. The van der Waals surface area contributed by atoms with Gasteiger partial charge in [-0.25, -0.2) is 0 Å². The van der Waals surface area contributed by atoms with Crippen molar-refractivity contribution in [2.75, 3.05) is 29.9 Å². The molecule has 0 unspecified atom stereocenters. The number of primary amides is 1. The Morgan fingerprint density at radius 2 is 1.83 bits per heavy atom. The third-order valence-corrected chi connectivity index (χ3v) is 4.85. The zero-order valence-electron chi connectivity index (χ0n) is 16.7. The van der Waals surface area contributed by atoms with Crippen molar-refractivity contribution in [1.82, 2.24) is 0 Å². The third kappa shape index (κ3) is 5.60. The van der Waals surface area contributed by atoms with Gasteiger partial charge in [-0.2, -0.15) is 0 Å². The van der Waals surface area contributed by atoms with Gasteiger partial charge in [0, 0.05) is 24.7 Å². The molecule has 29 heavy (non-hydrogen) atoms. The highest BCUT2D eigenvalue weighted by Crippen LogP contribution is 2.29. The highest BCUT2D eigenvalue weighted by Gasteiger charge is 2.17. The fraction of sp³-hybridized carbons (Fsp3) is 0.304. The van der Waals surface area contributed by atoms with Crippen LogP contribution in [0.2, 0.25) is 0 Å². The van der Waals surface area contributed by atoms with E-state index in [9.17, 15) is 9.59 Å². The van der Waals surface area contributed by atoms with Crippen molar-refractivity contribution in [2.45, 2.75) is 26.2 Å². The molecule has 3 N–H and O–H groups in total. The summed E-state index contributed by atoms with van der Waals surface area (Å²) in [6, 6.07) is 12.7. The van der Waals surface area contributed by atoms with E-state index in [0.29, 0.717) is 17.9 Å². The minimum atomic E-state index is -0.518. The number of carbonyl (C=O) groups excluding carboxylic acids is 2. The van der Waals surface area contributed by atoms with Crippen LogP contribution in [0.25, 0.3) is 6.08 Å². The second-order valence-corrected chi connectivity index (χ2v) is 6.97. The van der Waals surface area contributed by atoms with Crippen LogP contribution in [-0.2, 0) is 4.79 Å². The van der Waals surface area contributed by atoms with Gasteiger partial charge in [-0.15, -0.1) is 0 Å². The molecule has 0 aromatic heterocycles. The molecule has 6 nitrogen and oxygen atoms in total. The van der Waals surface area contributed by atoms with Crippen LogP contribution in [0.4, 0.5) is 11.4 Å². The molecule has 1 aliphatic heterocycles. The van der Waals surface area contributed by atoms with E-state index in [2.05, 4.69) is 10.2 Å². The molecule has 0 aliphatic carbocycles. The molecule has 2 aromatic carbocycles. The van der Waals surface area contributed by atoms with Crippen LogP contribution in [0.15, 0.2) is 48.5 Å². The summed E-state index contributed by atoms with van der Waals surface area (Å²) < 4.78 is 5.42. The normalized spacial score (nSPS) is 14.0. The first-order valence-corrected chi connectivity index (χ1v) is 9.97. The van der Waals surface area contributed by atoms with Crippen LogP contribution < -0.4 is 20.7 Å². The molecule has 3 rings (SSSR count). The molecule has 1 fully saturated rings. The lowest BCUT2D eigenvalue weighted by Crippen LogP contribution is -2.30. The molecule has 1 saturated heterocycles. The second-order valence-electron chi connectivity index (χ2n) is 6.97. The molecule has 2 amide bonds. The number of nitrogens with zero attached hydrogens (tertiary/aromatic N) is 1. The summed E-state index contributed by atoms with van der Waals surface area (Å²) in [6.07, 6.45) is 6.66. The predicted octanol–water partition coefficient (Wildman–Crippen LogP) is 3.83. The number of amides is 2. The summed E-state index contributed by atoms with van der Waals surface area (Å²) in [7, 11) is 0. The molecular formula is C23H27N3O3. The quantitative estimate of drug-likeness (QED) is 0.700. The van der Waals surface area contributed by atoms with Crippen molar-refractivity contribution in [3.8, 4) is 5.75 Å². The van der Waals surface area contributed by atoms with Gasteiger partial charge >= 0.3 is 0 Å². The number of benzene rings is 2.